The molecule has 8 heteroatoms. The van der Waals surface area contributed by atoms with Gasteiger partial charge in [0.1, 0.15) is 0 Å². The van der Waals surface area contributed by atoms with Crippen molar-refractivity contribution in [3.05, 3.63) is 84.2 Å². The maximum absolute atomic E-state index is 12.9. The van der Waals surface area contributed by atoms with Crippen LogP contribution in [0.5, 0.6) is 0 Å². The van der Waals surface area contributed by atoms with Gasteiger partial charge in [0.05, 0.1) is 34.7 Å². The molecule has 1 aromatic heterocycles. The number of aromatic nitrogens is 1. The Morgan fingerprint density at radius 1 is 1.09 bits per heavy atom. The molecule has 1 aliphatic rings. The van der Waals surface area contributed by atoms with Crippen LogP contribution in [0.25, 0.3) is 0 Å². The van der Waals surface area contributed by atoms with Gasteiger partial charge >= 0.3 is 0 Å². The molecule has 4 rings (SSSR count). The van der Waals surface area contributed by atoms with E-state index in [1.165, 1.54) is 0 Å². The normalized spacial score (nSPS) is 16.3. The Morgan fingerprint density at radius 3 is 2.58 bits per heavy atom. The van der Waals surface area contributed by atoms with Gasteiger partial charge in [-0.25, -0.2) is 13.1 Å². The number of hydrogen-bond donors (Lipinski definition) is 2. The second-order valence-electron chi connectivity index (χ2n) is 8.10. The van der Waals surface area contributed by atoms with Crippen molar-refractivity contribution < 1.29 is 13.2 Å². The molecule has 0 radical (unpaired) electrons. The van der Waals surface area contributed by atoms with E-state index < -0.39 is 10.0 Å². The average molecular weight is 467 g/mol. The third kappa shape index (κ3) is 5.71. The number of hydrogen-bond acceptors (Lipinski definition) is 6. The van der Waals surface area contributed by atoms with Gasteiger partial charge in [0.2, 0.25) is 10.0 Å². The lowest BCUT2D eigenvalue weighted by atomic mass is 10.1. The summed E-state index contributed by atoms with van der Waals surface area (Å²) in [4.78, 5) is 6.64. The van der Waals surface area contributed by atoms with Crippen LogP contribution in [0.4, 0.5) is 11.4 Å². The van der Waals surface area contributed by atoms with E-state index in [-0.39, 0.29) is 23.7 Å². The maximum atomic E-state index is 12.9. The van der Waals surface area contributed by atoms with Gasteiger partial charge in [0.15, 0.2) is 0 Å². The van der Waals surface area contributed by atoms with Crippen molar-refractivity contribution in [2.45, 2.75) is 44.0 Å². The molecule has 0 bridgehead atoms. The lowest BCUT2D eigenvalue weighted by molar-refractivity contribution is 0.0669. The summed E-state index contributed by atoms with van der Waals surface area (Å²) in [6.45, 7) is 5.41. The van der Waals surface area contributed by atoms with Crippen molar-refractivity contribution in [2.24, 2.45) is 0 Å². The molecule has 0 aliphatic carbocycles. The Morgan fingerprint density at radius 2 is 1.85 bits per heavy atom. The predicted octanol–water partition coefficient (Wildman–Crippen LogP) is 3.79. The van der Waals surface area contributed by atoms with Gasteiger partial charge < -0.3 is 15.0 Å². The van der Waals surface area contributed by atoms with Crippen molar-refractivity contribution in [1.29, 1.82) is 0 Å². The van der Waals surface area contributed by atoms with Crippen LogP contribution in [-0.2, 0) is 27.7 Å². The van der Waals surface area contributed by atoms with Crippen LogP contribution >= 0.6 is 0 Å². The fourth-order valence-corrected chi connectivity index (χ4v) is 5.11. The van der Waals surface area contributed by atoms with E-state index in [4.69, 9.17) is 4.74 Å². The number of fused-ring (bicyclic) bond motifs is 1. The Hall–Kier alpha value is -2.94. The van der Waals surface area contributed by atoms with Crippen LogP contribution < -0.4 is 14.9 Å². The third-order valence-corrected chi connectivity index (χ3v) is 7.18. The molecule has 0 amide bonds. The molecular weight excluding hydrogens is 436 g/mol. The Labute approximate surface area is 195 Å². The molecule has 174 valence electrons. The molecule has 2 N–H and O–H groups in total. The first-order chi connectivity index (χ1) is 16.0. The molecule has 0 fully saturated rings. The van der Waals surface area contributed by atoms with E-state index in [0.717, 1.165) is 22.5 Å². The van der Waals surface area contributed by atoms with Crippen LogP contribution in [0, 0.1) is 0 Å². The molecule has 2 atom stereocenters. The number of sulfonamides is 1. The van der Waals surface area contributed by atoms with Crippen molar-refractivity contribution in [3.63, 3.8) is 0 Å². The lowest BCUT2D eigenvalue weighted by Gasteiger charge is -2.24. The van der Waals surface area contributed by atoms with Crippen molar-refractivity contribution >= 4 is 21.4 Å². The Balaban J connectivity index is 1.39. The first-order valence-corrected chi connectivity index (χ1v) is 12.7. The first kappa shape index (κ1) is 23.2. The second-order valence-corrected chi connectivity index (χ2v) is 9.87. The zero-order valence-electron chi connectivity index (χ0n) is 18.9. The molecule has 2 heterocycles. The Bertz CT molecular complexity index is 1150. The smallest absolute Gasteiger partial charge is 0.240 e. The molecule has 0 saturated carbocycles. The van der Waals surface area contributed by atoms with Crippen molar-refractivity contribution in [2.75, 3.05) is 23.4 Å². The van der Waals surface area contributed by atoms with Crippen LogP contribution in [0.1, 0.15) is 25.0 Å². The van der Waals surface area contributed by atoms with Gasteiger partial charge in [-0.2, -0.15) is 0 Å². The van der Waals surface area contributed by atoms with Crippen molar-refractivity contribution in [3.8, 4) is 0 Å². The summed E-state index contributed by atoms with van der Waals surface area (Å²) in [5.74, 6) is 0. The second kappa shape index (κ2) is 10.3. The van der Waals surface area contributed by atoms with Gasteiger partial charge in [-0.15, -0.1) is 0 Å². The van der Waals surface area contributed by atoms with Gasteiger partial charge in [-0.3, -0.25) is 4.98 Å². The van der Waals surface area contributed by atoms with Crippen LogP contribution in [0.2, 0.25) is 0 Å². The predicted molar refractivity (Wildman–Crippen MR) is 131 cm³/mol. The number of ether oxygens (including phenoxy) is 1. The van der Waals surface area contributed by atoms with Gasteiger partial charge in [0, 0.05) is 25.9 Å². The molecule has 1 aliphatic heterocycles. The number of rotatable bonds is 10. The molecule has 3 aromatic rings. The van der Waals surface area contributed by atoms with E-state index >= 15 is 0 Å². The Kier molecular flexibility index (Phi) is 7.27. The highest BCUT2D eigenvalue weighted by Crippen LogP contribution is 2.34. The summed E-state index contributed by atoms with van der Waals surface area (Å²) in [5.41, 5.74) is 4.25. The van der Waals surface area contributed by atoms with Crippen LogP contribution in [-0.4, -0.2) is 38.8 Å². The van der Waals surface area contributed by atoms with E-state index in [1.807, 2.05) is 61.7 Å². The maximum Gasteiger partial charge on any atom is 0.240 e. The first-order valence-electron chi connectivity index (χ1n) is 11.2. The summed E-state index contributed by atoms with van der Waals surface area (Å²) in [6.07, 6.45) is 4.15. The van der Waals surface area contributed by atoms with Gasteiger partial charge in [-0.1, -0.05) is 42.5 Å². The number of benzene rings is 2. The molecule has 0 spiro atoms. The average Bonchev–Trinajstić information content (AvgIpc) is 3.14. The summed E-state index contributed by atoms with van der Waals surface area (Å²) in [7, 11) is -3.63. The number of nitrogens with one attached hydrogen (secondary N) is 2. The van der Waals surface area contributed by atoms with E-state index in [0.29, 0.717) is 19.6 Å². The van der Waals surface area contributed by atoms with Gasteiger partial charge in [0.25, 0.3) is 0 Å². The fourth-order valence-electron chi connectivity index (χ4n) is 4.04. The molecule has 7 nitrogen and oxygen atoms in total. The molecule has 2 aromatic carbocycles. The highest BCUT2D eigenvalue weighted by atomic mass is 32.2. The monoisotopic (exact) mass is 466 g/mol. The number of anilines is 2. The highest BCUT2D eigenvalue weighted by Gasteiger charge is 2.25. The van der Waals surface area contributed by atoms with Crippen molar-refractivity contribution in [1.82, 2.24) is 9.71 Å². The summed E-state index contributed by atoms with van der Waals surface area (Å²) in [5, 5.41) is 3.40. The van der Waals surface area contributed by atoms with Gasteiger partial charge in [-0.05, 0) is 49.6 Å². The number of nitrogens with zero attached hydrogens (tertiary/aromatic N) is 2. The topological polar surface area (TPSA) is 83.6 Å². The van der Waals surface area contributed by atoms with E-state index in [9.17, 15) is 8.42 Å². The molecule has 33 heavy (non-hydrogen) atoms. The molecule has 0 saturated heterocycles. The molecule has 1 unspecified atom stereocenters. The SMILES string of the molecule is CCO[C@@H](CNS(=O)(=O)c1ccc(CN2c3ccncc3NC2C)cc1)Cc1ccccc1. The summed E-state index contributed by atoms with van der Waals surface area (Å²) >= 11 is 0. The van der Waals surface area contributed by atoms with E-state index in [1.54, 1.807) is 18.3 Å². The quantitative estimate of drug-likeness (QED) is 0.473. The fraction of sp³-hybridized carbons (Fsp3) is 0.320. The minimum atomic E-state index is -3.63. The molecular formula is C25H30N4O3S. The standard InChI is InChI=1S/C25H30N4O3S/c1-3-32-22(15-20-7-5-4-6-8-20)16-27-33(30,31)23-11-9-21(10-12-23)18-29-19(2)28-24-17-26-14-13-25(24)29/h4-14,17,19,22,27-28H,3,15-16,18H2,1-2H3/t19?,22-/m1/s1. The minimum Gasteiger partial charge on any atom is -0.377 e. The summed E-state index contributed by atoms with van der Waals surface area (Å²) in [6, 6.07) is 19.0. The lowest BCUT2D eigenvalue weighted by Crippen LogP contribution is -2.35. The zero-order valence-corrected chi connectivity index (χ0v) is 19.8. The number of pyridine rings is 1. The summed E-state index contributed by atoms with van der Waals surface area (Å²) < 4.78 is 34.2. The van der Waals surface area contributed by atoms with E-state index in [2.05, 4.69) is 26.8 Å². The largest absolute Gasteiger partial charge is 0.377 e. The zero-order chi connectivity index (χ0) is 23.3. The van der Waals surface area contributed by atoms with Crippen LogP contribution in [0.15, 0.2) is 78.0 Å². The third-order valence-electron chi connectivity index (χ3n) is 5.74. The highest BCUT2D eigenvalue weighted by molar-refractivity contribution is 7.89. The minimum absolute atomic E-state index is 0.134. The van der Waals surface area contributed by atoms with Crippen LogP contribution in [0.3, 0.4) is 0 Å².